The van der Waals surface area contributed by atoms with E-state index in [-0.39, 0.29) is 5.69 Å². The second-order valence-electron chi connectivity index (χ2n) is 5.24. The van der Waals surface area contributed by atoms with E-state index in [1.807, 2.05) is 0 Å². The molecular weight excluding hydrogens is 286 g/mol. The third-order valence-corrected chi connectivity index (χ3v) is 5.56. The van der Waals surface area contributed by atoms with Crippen LogP contribution in [0.5, 0.6) is 0 Å². The first-order valence-electron chi connectivity index (χ1n) is 6.57. The molecule has 0 aromatic heterocycles. The van der Waals surface area contributed by atoms with Crippen LogP contribution in [0.4, 0.5) is 14.5 Å². The number of benzene rings is 1. The van der Waals surface area contributed by atoms with Gasteiger partial charge in [-0.3, -0.25) is 0 Å². The van der Waals surface area contributed by atoms with Gasteiger partial charge in [0.05, 0.1) is 5.69 Å². The molecule has 7 heteroatoms. The van der Waals surface area contributed by atoms with Crippen LogP contribution in [0.15, 0.2) is 17.0 Å². The highest BCUT2D eigenvalue weighted by Gasteiger charge is 2.29. The number of sulfonamides is 1. The Morgan fingerprint density at radius 1 is 1.20 bits per heavy atom. The predicted octanol–water partition coefficient (Wildman–Crippen LogP) is 2.36. The fourth-order valence-corrected chi connectivity index (χ4v) is 3.93. The molecule has 1 aliphatic heterocycles. The van der Waals surface area contributed by atoms with Gasteiger partial charge in [0.1, 0.15) is 16.5 Å². The summed E-state index contributed by atoms with van der Waals surface area (Å²) in [6.45, 7) is 2.76. The fourth-order valence-electron chi connectivity index (χ4n) is 2.36. The van der Waals surface area contributed by atoms with Crippen molar-refractivity contribution in [2.75, 3.05) is 18.8 Å². The van der Waals surface area contributed by atoms with Gasteiger partial charge in [-0.15, -0.1) is 0 Å². The number of nitrogens with zero attached hydrogens (tertiary/aromatic N) is 1. The van der Waals surface area contributed by atoms with Crippen LogP contribution in [-0.4, -0.2) is 25.8 Å². The van der Waals surface area contributed by atoms with E-state index in [9.17, 15) is 17.2 Å². The van der Waals surface area contributed by atoms with Crippen molar-refractivity contribution in [2.24, 2.45) is 5.92 Å². The van der Waals surface area contributed by atoms with Crippen LogP contribution in [0.2, 0.25) is 0 Å². The van der Waals surface area contributed by atoms with Crippen LogP contribution < -0.4 is 5.73 Å². The van der Waals surface area contributed by atoms with Gasteiger partial charge in [0.2, 0.25) is 10.0 Å². The number of nitrogen functional groups attached to an aromatic ring is 1. The molecule has 1 aromatic carbocycles. The van der Waals surface area contributed by atoms with Gasteiger partial charge in [0, 0.05) is 19.2 Å². The first kappa shape index (κ1) is 15.2. The van der Waals surface area contributed by atoms with Crippen molar-refractivity contribution in [3.05, 3.63) is 23.8 Å². The Balaban J connectivity index is 2.37. The lowest BCUT2D eigenvalue weighted by Crippen LogP contribution is -2.32. The molecule has 0 aliphatic carbocycles. The molecule has 1 saturated heterocycles. The summed E-state index contributed by atoms with van der Waals surface area (Å²) in [5, 5.41) is 0. The zero-order valence-electron chi connectivity index (χ0n) is 11.3. The van der Waals surface area contributed by atoms with Crippen LogP contribution in [-0.2, 0) is 10.0 Å². The summed E-state index contributed by atoms with van der Waals surface area (Å²) >= 11 is 0. The van der Waals surface area contributed by atoms with Crippen molar-refractivity contribution >= 4 is 15.7 Å². The third kappa shape index (κ3) is 2.93. The highest BCUT2D eigenvalue weighted by atomic mass is 32.2. The minimum Gasteiger partial charge on any atom is -0.396 e. The lowest BCUT2D eigenvalue weighted by Gasteiger charge is -2.20. The number of anilines is 1. The summed E-state index contributed by atoms with van der Waals surface area (Å²) in [6, 6.07) is 1.37. The summed E-state index contributed by atoms with van der Waals surface area (Å²) in [6.07, 6.45) is 2.41. The average molecular weight is 304 g/mol. The highest BCUT2D eigenvalue weighted by Crippen LogP contribution is 2.27. The Kier molecular flexibility index (Phi) is 4.29. The molecule has 0 amide bonds. The molecule has 0 radical (unpaired) electrons. The monoisotopic (exact) mass is 304 g/mol. The van der Waals surface area contributed by atoms with Gasteiger partial charge in [0.15, 0.2) is 0 Å². The molecule has 20 heavy (non-hydrogen) atoms. The predicted molar refractivity (Wildman–Crippen MR) is 72.5 cm³/mol. The lowest BCUT2D eigenvalue weighted by atomic mass is 10.0. The Morgan fingerprint density at radius 2 is 1.90 bits per heavy atom. The SMILES string of the molecule is CC1CCCN(S(=O)(=O)c2cc(N)c(F)cc2F)CC1. The fraction of sp³-hybridized carbons (Fsp3) is 0.538. The number of halogens is 2. The van der Waals surface area contributed by atoms with E-state index in [1.54, 1.807) is 0 Å². The van der Waals surface area contributed by atoms with Gasteiger partial charge >= 0.3 is 0 Å². The summed E-state index contributed by atoms with van der Waals surface area (Å²) < 4.78 is 53.0. The Bertz CT molecular complexity index is 605. The first-order valence-corrected chi connectivity index (χ1v) is 8.01. The van der Waals surface area contributed by atoms with E-state index < -0.39 is 26.6 Å². The van der Waals surface area contributed by atoms with Gasteiger partial charge < -0.3 is 5.73 Å². The molecule has 1 heterocycles. The van der Waals surface area contributed by atoms with Crippen LogP contribution in [0.1, 0.15) is 26.2 Å². The molecular formula is C13H18F2N2O2S. The molecule has 4 nitrogen and oxygen atoms in total. The maximum Gasteiger partial charge on any atom is 0.246 e. The molecule has 2 N–H and O–H groups in total. The first-order chi connectivity index (χ1) is 9.32. The number of hydrogen-bond acceptors (Lipinski definition) is 3. The maximum atomic E-state index is 13.8. The summed E-state index contributed by atoms with van der Waals surface area (Å²) in [5.41, 5.74) is 4.98. The zero-order chi connectivity index (χ0) is 14.9. The van der Waals surface area contributed by atoms with Gasteiger partial charge in [-0.05, 0) is 31.2 Å². The largest absolute Gasteiger partial charge is 0.396 e. The van der Waals surface area contributed by atoms with E-state index in [1.165, 1.54) is 4.31 Å². The van der Waals surface area contributed by atoms with Crippen molar-refractivity contribution in [2.45, 2.75) is 31.1 Å². The minimum atomic E-state index is -3.97. The van der Waals surface area contributed by atoms with Gasteiger partial charge in [-0.2, -0.15) is 4.31 Å². The lowest BCUT2D eigenvalue weighted by molar-refractivity contribution is 0.413. The summed E-state index contributed by atoms with van der Waals surface area (Å²) in [4.78, 5) is -0.550. The molecule has 0 bridgehead atoms. The van der Waals surface area contributed by atoms with E-state index in [2.05, 4.69) is 6.92 Å². The van der Waals surface area contributed by atoms with Gasteiger partial charge in [0.25, 0.3) is 0 Å². The highest BCUT2D eigenvalue weighted by molar-refractivity contribution is 7.89. The van der Waals surface area contributed by atoms with Crippen molar-refractivity contribution < 1.29 is 17.2 Å². The molecule has 1 fully saturated rings. The molecule has 0 spiro atoms. The van der Waals surface area contributed by atoms with E-state index in [4.69, 9.17) is 5.73 Å². The molecule has 0 saturated carbocycles. The molecule has 1 atom stereocenters. The number of nitrogens with two attached hydrogens (primary N) is 1. The van der Waals surface area contributed by atoms with E-state index >= 15 is 0 Å². The van der Waals surface area contributed by atoms with Crippen molar-refractivity contribution in [1.29, 1.82) is 0 Å². The van der Waals surface area contributed by atoms with E-state index in [0.29, 0.717) is 25.1 Å². The van der Waals surface area contributed by atoms with Gasteiger partial charge in [-0.1, -0.05) is 6.92 Å². The van der Waals surface area contributed by atoms with Crippen molar-refractivity contribution in [3.63, 3.8) is 0 Å². The van der Waals surface area contributed by atoms with Crippen LogP contribution in [0.3, 0.4) is 0 Å². The van der Waals surface area contributed by atoms with Crippen LogP contribution in [0.25, 0.3) is 0 Å². The van der Waals surface area contributed by atoms with Crippen molar-refractivity contribution in [3.8, 4) is 0 Å². The second kappa shape index (κ2) is 5.65. The topological polar surface area (TPSA) is 63.4 Å². The molecule has 2 rings (SSSR count). The molecule has 1 aliphatic rings. The third-order valence-electron chi connectivity index (χ3n) is 3.64. The van der Waals surface area contributed by atoms with Gasteiger partial charge in [-0.25, -0.2) is 17.2 Å². The average Bonchev–Trinajstić information content (AvgIpc) is 2.59. The standard InChI is InChI=1S/C13H18F2N2O2S/c1-9-3-2-5-17(6-4-9)20(18,19)13-8-12(16)10(14)7-11(13)15/h7-9H,2-6,16H2,1H3. The smallest absolute Gasteiger partial charge is 0.246 e. The Labute approximate surface area is 117 Å². The summed E-state index contributed by atoms with van der Waals surface area (Å²) in [7, 11) is -3.97. The maximum absolute atomic E-state index is 13.8. The van der Waals surface area contributed by atoms with Crippen LogP contribution in [0, 0.1) is 17.6 Å². The Morgan fingerprint density at radius 3 is 2.60 bits per heavy atom. The molecule has 1 unspecified atom stereocenters. The van der Waals surface area contributed by atoms with Crippen molar-refractivity contribution in [1.82, 2.24) is 4.31 Å². The molecule has 1 aromatic rings. The van der Waals surface area contributed by atoms with E-state index in [0.717, 1.165) is 25.3 Å². The zero-order valence-corrected chi connectivity index (χ0v) is 12.1. The number of rotatable bonds is 2. The quantitative estimate of drug-likeness (QED) is 0.853. The van der Waals surface area contributed by atoms with Crippen LogP contribution >= 0.6 is 0 Å². The minimum absolute atomic E-state index is 0.347. The molecule has 112 valence electrons. The number of hydrogen-bond donors (Lipinski definition) is 1. The Hall–Kier alpha value is -1.21. The normalized spacial score (nSPS) is 21.6. The second-order valence-corrected chi connectivity index (χ2v) is 7.15. The summed E-state index contributed by atoms with van der Waals surface area (Å²) in [5.74, 6) is -1.61.